The number of piperazine rings is 1. The van der Waals surface area contributed by atoms with E-state index >= 15 is 0 Å². The summed E-state index contributed by atoms with van der Waals surface area (Å²) in [5.74, 6) is 1.11. The molecule has 27 heavy (non-hydrogen) atoms. The molecule has 8 nitrogen and oxygen atoms in total. The van der Waals surface area contributed by atoms with E-state index in [0.717, 1.165) is 57.8 Å². The molecule has 142 valence electrons. The van der Waals surface area contributed by atoms with Gasteiger partial charge in [-0.25, -0.2) is 15.0 Å². The maximum absolute atomic E-state index is 12.6. The summed E-state index contributed by atoms with van der Waals surface area (Å²) < 4.78 is 0. The minimum atomic E-state index is -0.687. The summed E-state index contributed by atoms with van der Waals surface area (Å²) in [5.41, 5.74) is -0.557. The number of aliphatic imine (C=N–C) groups is 1. The third kappa shape index (κ3) is 3.34. The largest absolute Gasteiger partial charge is 0.339 e. The molecule has 1 saturated heterocycles. The van der Waals surface area contributed by atoms with Gasteiger partial charge in [0, 0.05) is 38.6 Å². The molecule has 4 rings (SSSR count). The first-order valence-corrected chi connectivity index (χ1v) is 9.68. The molecule has 1 aromatic rings. The number of amides is 1. The molecule has 1 unspecified atom stereocenters. The summed E-state index contributed by atoms with van der Waals surface area (Å²) >= 11 is 0. The Morgan fingerprint density at radius 2 is 1.78 bits per heavy atom. The van der Waals surface area contributed by atoms with E-state index in [9.17, 15) is 10.1 Å². The van der Waals surface area contributed by atoms with Crippen LogP contribution in [-0.4, -0.2) is 58.5 Å². The maximum atomic E-state index is 12.6. The molecule has 1 N–H and O–H groups in total. The van der Waals surface area contributed by atoms with E-state index in [2.05, 4.69) is 38.1 Å². The van der Waals surface area contributed by atoms with Crippen LogP contribution in [0.3, 0.4) is 0 Å². The Kier molecular flexibility index (Phi) is 4.68. The fraction of sp³-hybridized carbons (Fsp3) is 0.632. The highest BCUT2D eigenvalue weighted by molar-refractivity contribution is 6.02. The van der Waals surface area contributed by atoms with Gasteiger partial charge in [0.05, 0.1) is 11.6 Å². The van der Waals surface area contributed by atoms with Gasteiger partial charge in [-0.05, 0) is 37.7 Å². The van der Waals surface area contributed by atoms with Gasteiger partial charge >= 0.3 is 0 Å². The molecule has 3 aliphatic rings. The number of anilines is 1. The fourth-order valence-corrected chi connectivity index (χ4v) is 4.29. The lowest BCUT2D eigenvalue weighted by molar-refractivity contribution is -0.125. The SMILES string of the molecule is CC1CCC2(CC1)N=C(N1CCN(c3ncccn3)CC1)NC(=O)C2C#N. The fourth-order valence-electron chi connectivity index (χ4n) is 4.29. The Balaban J connectivity index is 1.51. The van der Waals surface area contributed by atoms with Gasteiger partial charge in [-0.15, -0.1) is 0 Å². The third-order valence-electron chi connectivity index (χ3n) is 6.05. The summed E-state index contributed by atoms with van der Waals surface area (Å²) in [4.78, 5) is 30.5. The van der Waals surface area contributed by atoms with Gasteiger partial charge in [-0.1, -0.05) is 6.92 Å². The van der Waals surface area contributed by atoms with Crippen LogP contribution < -0.4 is 10.2 Å². The maximum Gasteiger partial charge on any atom is 0.246 e. The van der Waals surface area contributed by atoms with Crippen LogP contribution >= 0.6 is 0 Å². The standard InChI is InChI=1S/C19H25N7O/c1-14-3-5-19(6-4-14)15(13-20)16(27)23-18(24-19)26-11-9-25(10-12-26)17-21-7-2-8-22-17/h2,7-8,14-15H,3-6,9-12H2,1H3,(H,23,24,27). The van der Waals surface area contributed by atoms with Crippen LogP contribution in [0.2, 0.25) is 0 Å². The van der Waals surface area contributed by atoms with Crippen LogP contribution in [0.4, 0.5) is 5.95 Å². The van der Waals surface area contributed by atoms with Crippen molar-refractivity contribution < 1.29 is 4.79 Å². The molecule has 1 saturated carbocycles. The molecule has 2 aliphatic heterocycles. The Bertz CT molecular complexity index is 756. The molecule has 8 heteroatoms. The van der Waals surface area contributed by atoms with E-state index in [4.69, 9.17) is 4.99 Å². The van der Waals surface area contributed by atoms with Crippen molar-refractivity contribution in [2.75, 3.05) is 31.1 Å². The number of guanidine groups is 1. The first-order valence-electron chi connectivity index (χ1n) is 9.68. The molecule has 3 heterocycles. The van der Waals surface area contributed by atoms with E-state index in [0.29, 0.717) is 11.9 Å². The van der Waals surface area contributed by atoms with Crippen molar-refractivity contribution in [2.24, 2.45) is 16.8 Å². The summed E-state index contributed by atoms with van der Waals surface area (Å²) in [6.07, 6.45) is 7.14. The number of carbonyl (C=O) groups is 1. The molecular weight excluding hydrogens is 342 g/mol. The highest BCUT2D eigenvalue weighted by Gasteiger charge is 2.49. The van der Waals surface area contributed by atoms with Crippen LogP contribution in [0.25, 0.3) is 0 Å². The zero-order valence-corrected chi connectivity index (χ0v) is 15.6. The van der Waals surface area contributed by atoms with Crippen LogP contribution in [0.5, 0.6) is 0 Å². The molecule has 1 spiro atoms. The van der Waals surface area contributed by atoms with Crippen LogP contribution in [-0.2, 0) is 4.79 Å². The average Bonchev–Trinajstić information content (AvgIpc) is 2.71. The van der Waals surface area contributed by atoms with E-state index in [-0.39, 0.29) is 5.91 Å². The van der Waals surface area contributed by atoms with Crippen LogP contribution in [0.1, 0.15) is 32.6 Å². The number of nitrogens with one attached hydrogen (secondary N) is 1. The predicted octanol–water partition coefficient (Wildman–Crippen LogP) is 1.17. The molecule has 1 atom stereocenters. The van der Waals surface area contributed by atoms with Crippen molar-refractivity contribution in [3.05, 3.63) is 18.5 Å². The van der Waals surface area contributed by atoms with Crippen LogP contribution in [0.15, 0.2) is 23.5 Å². The number of nitrogens with zero attached hydrogens (tertiary/aromatic N) is 6. The number of hydrogen-bond donors (Lipinski definition) is 1. The molecular formula is C19H25N7O. The minimum absolute atomic E-state index is 0.203. The second-order valence-electron chi connectivity index (χ2n) is 7.80. The topological polar surface area (TPSA) is 97.5 Å². The van der Waals surface area contributed by atoms with Gasteiger partial charge in [-0.2, -0.15) is 5.26 Å². The second-order valence-corrected chi connectivity index (χ2v) is 7.80. The average molecular weight is 367 g/mol. The highest BCUT2D eigenvalue weighted by atomic mass is 16.2. The lowest BCUT2D eigenvalue weighted by Gasteiger charge is -2.44. The zero-order valence-electron chi connectivity index (χ0n) is 15.6. The third-order valence-corrected chi connectivity index (χ3v) is 6.05. The molecule has 0 radical (unpaired) electrons. The molecule has 0 bridgehead atoms. The summed E-state index contributed by atoms with van der Waals surface area (Å²) in [6.45, 7) is 5.24. The molecule has 0 aromatic carbocycles. The molecule has 1 aromatic heterocycles. The van der Waals surface area contributed by atoms with Crippen molar-refractivity contribution in [1.82, 2.24) is 20.2 Å². The van der Waals surface area contributed by atoms with Crippen molar-refractivity contribution in [1.29, 1.82) is 5.26 Å². The Hall–Kier alpha value is -2.69. The zero-order chi connectivity index (χ0) is 18.9. The van der Waals surface area contributed by atoms with Crippen molar-refractivity contribution in [3.8, 4) is 6.07 Å². The Morgan fingerprint density at radius 1 is 1.15 bits per heavy atom. The van der Waals surface area contributed by atoms with E-state index < -0.39 is 11.5 Å². The first kappa shape index (κ1) is 17.7. The van der Waals surface area contributed by atoms with Gasteiger partial charge in [0.2, 0.25) is 17.8 Å². The van der Waals surface area contributed by atoms with Crippen molar-refractivity contribution in [3.63, 3.8) is 0 Å². The normalized spacial score (nSPS) is 31.3. The van der Waals surface area contributed by atoms with E-state index in [1.807, 2.05) is 6.07 Å². The molecule has 2 fully saturated rings. The number of carbonyl (C=O) groups excluding carboxylic acids is 1. The predicted molar refractivity (Wildman–Crippen MR) is 101 cm³/mol. The monoisotopic (exact) mass is 367 g/mol. The van der Waals surface area contributed by atoms with Gasteiger partial charge in [0.25, 0.3) is 0 Å². The summed E-state index contributed by atoms with van der Waals surface area (Å²) in [5, 5.41) is 12.5. The summed E-state index contributed by atoms with van der Waals surface area (Å²) in [6, 6.07) is 4.03. The lowest BCUT2D eigenvalue weighted by atomic mass is 9.70. The van der Waals surface area contributed by atoms with Crippen molar-refractivity contribution in [2.45, 2.75) is 38.1 Å². The van der Waals surface area contributed by atoms with E-state index in [1.165, 1.54) is 0 Å². The quantitative estimate of drug-likeness (QED) is 0.800. The number of hydrogen-bond acceptors (Lipinski definition) is 7. The minimum Gasteiger partial charge on any atom is -0.339 e. The number of nitriles is 1. The molecule has 1 aliphatic carbocycles. The van der Waals surface area contributed by atoms with Gasteiger partial charge in [0.15, 0.2) is 5.92 Å². The van der Waals surface area contributed by atoms with Crippen LogP contribution in [0, 0.1) is 23.2 Å². The number of aromatic nitrogens is 2. The number of rotatable bonds is 1. The molecule has 1 amide bonds. The summed E-state index contributed by atoms with van der Waals surface area (Å²) in [7, 11) is 0. The van der Waals surface area contributed by atoms with Gasteiger partial charge in [0.1, 0.15) is 0 Å². The second kappa shape index (κ2) is 7.14. The van der Waals surface area contributed by atoms with Crippen molar-refractivity contribution >= 4 is 17.8 Å². The van der Waals surface area contributed by atoms with Gasteiger partial charge < -0.3 is 9.80 Å². The van der Waals surface area contributed by atoms with Gasteiger partial charge in [-0.3, -0.25) is 10.1 Å². The first-order chi connectivity index (χ1) is 13.1. The lowest BCUT2D eigenvalue weighted by Crippen LogP contribution is -2.61. The Labute approximate surface area is 159 Å². The van der Waals surface area contributed by atoms with E-state index in [1.54, 1.807) is 12.4 Å². The smallest absolute Gasteiger partial charge is 0.246 e. The Morgan fingerprint density at radius 3 is 2.41 bits per heavy atom. The highest BCUT2D eigenvalue weighted by Crippen LogP contribution is 2.41.